The number of likely N-dealkylation sites (tertiary alicyclic amines) is 1. The summed E-state index contributed by atoms with van der Waals surface area (Å²) in [5.74, 6) is -1.20. The van der Waals surface area contributed by atoms with Crippen molar-refractivity contribution in [2.45, 2.75) is 25.7 Å². The number of rotatable bonds is 2. The topological polar surface area (TPSA) is 3.24 Å². The van der Waals surface area contributed by atoms with Crippen LogP contribution in [0.4, 0.5) is 8.78 Å². The maximum absolute atomic E-state index is 13.6. The van der Waals surface area contributed by atoms with Gasteiger partial charge in [-0.2, -0.15) is 0 Å². The van der Waals surface area contributed by atoms with Crippen LogP contribution in [0.5, 0.6) is 0 Å². The molecule has 0 saturated carbocycles. The van der Waals surface area contributed by atoms with Crippen molar-refractivity contribution in [2.24, 2.45) is 0 Å². The van der Waals surface area contributed by atoms with Gasteiger partial charge in [0.15, 0.2) is 11.6 Å². The molecule has 0 atom stereocenters. The predicted molar refractivity (Wildman–Crippen MR) is 60.4 cm³/mol. The number of hydrogen-bond donors (Lipinski definition) is 0. The molecule has 0 aromatic heterocycles. The van der Waals surface area contributed by atoms with Gasteiger partial charge in [-0.25, -0.2) is 8.78 Å². The zero-order valence-electron chi connectivity index (χ0n) is 9.55. The molecule has 0 amide bonds. The smallest absolute Gasteiger partial charge is 0.162 e. The third kappa shape index (κ3) is 2.24. The number of halogens is 2. The molecule has 0 unspecified atom stereocenters. The predicted octanol–water partition coefficient (Wildman–Crippen LogP) is 3.16. The van der Waals surface area contributed by atoms with Gasteiger partial charge in [-0.05, 0) is 50.0 Å². The van der Waals surface area contributed by atoms with Crippen LogP contribution in [0.2, 0.25) is 0 Å². The standard InChI is InChI=1S/C13H17F2N/c1-2-16-8-6-10(7-9-16)11-4-3-5-12(14)13(11)15/h3-5,10H,2,6-9H2,1H3. The van der Waals surface area contributed by atoms with Gasteiger partial charge < -0.3 is 4.90 Å². The fourth-order valence-electron chi connectivity index (χ4n) is 2.40. The number of piperidine rings is 1. The summed E-state index contributed by atoms with van der Waals surface area (Å²) in [6.07, 6.45) is 1.85. The van der Waals surface area contributed by atoms with E-state index in [1.165, 1.54) is 6.07 Å². The summed E-state index contributed by atoms with van der Waals surface area (Å²) < 4.78 is 26.7. The minimum absolute atomic E-state index is 0.179. The Labute approximate surface area is 95.1 Å². The van der Waals surface area contributed by atoms with Gasteiger partial charge in [0, 0.05) is 0 Å². The molecule has 1 fully saturated rings. The summed E-state index contributed by atoms with van der Waals surface area (Å²) in [5.41, 5.74) is 0.552. The number of benzene rings is 1. The first kappa shape index (κ1) is 11.5. The minimum Gasteiger partial charge on any atom is -0.304 e. The second kappa shape index (κ2) is 4.91. The zero-order valence-corrected chi connectivity index (χ0v) is 9.55. The maximum Gasteiger partial charge on any atom is 0.162 e. The molecule has 1 aromatic carbocycles. The van der Waals surface area contributed by atoms with Crippen molar-refractivity contribution in [1.29, 1.82) is 0 Å². The van der Waals surface area contributed by atoms with E-state index in [0.29, 0.717) is 5.56 Å². The number of nitrogens with zero attached hydrogens (tertiary/aromatic N) is 1. The Hall–Kier alpha value is -0.960. The molecule has 1 saturated heterocycles. The molecule has 1 nitrogen and oxygen atoms in total. The molecule has 0 aliphatic carbocycles. The first-order valence-electron chi connectivity index (χ1n) is 5.88. The molecule has 1 aliphatic rings. The Kier molecular flexibility index (Phi) is 3.54. The molecule has 16 heavy (non-hydrogen) atoms. The largest absolute Gasteiger partial charge is 0.304 e. The summed E-state index contributed by atoms with van der Waals surface area (Å²) in [7, 11) is 0. The highest BCUT2D eigenvalue weighted by atomic mass is 19.2. The average Bonchev–Trinajstić information content (AvgIpc) is 2.33. The lowest BCUT2D eigenvalue weighted by Gasteiger charge is -2.31. The van der Waals surface area contributed by atoms with Crippen LogP contribution in [0, 0.1) is 11.6 Å². The Morgan fingerprint density at radius 1 is 1.25 bits per heavy atom. The first-order valence-corrected chi connectivity index (χ1v) is 5.88. The van der Waals surface area contributed by atoms with Crippen LogP contribution in [-0.2, 0) is 0 Å². The van der Waals surface area contributed by atoms with Crippen molar-refractivity contribution >= 4 is 0 Å². The fraction of sp³-hybridized carbons (Fsp3) is 0.538. The van der Waals surface area contributed by atoms with Crippen molar-refractivity contribution in [3.8, 4) is 0 Å². The SMILES string of the molecule is CCN1CCC(c2cccc(F)c2F)CC1. The van der Waals surface area contributed by atoms with E-state index in [9.17, 15) is 8.78 Å². The maximum atomic E-state index is 13.6. The third-order valence-electron chi connectivity index (χ3n) is 3.46. The van der Waals surface area contributed by atoms with Crippen molar-refractivity contribution in [3.63, 3.8) is 0 Å². The van der Waals surface area contributed by atoms with Gasteiger partial charge in [-0.1, -0.05) is 19.1 Å². The van der Waals surface area contributed by atoms with Crippen molar-refractivity contribution in [1.82, 2.24) is 4.90 Å². The summed E-state index contributed by atoms with van der Waals surface area (Å²) in [6, 6.07) is 4.49. The van der Waals surface area contributed by atoms with Crippen LogP contribution in [0.25, 0.3) is 0 Å². The molecule has 0 spiro atoms. The second-order valence-electron chi connectivity index (χ2n) is 4.35. The van der Waals surface area contributed by atoms with E-state index in [1.54, 1.807) is 12.1 Å². The highest BCUT2D eigenvalue weighted by Crippen LogP contribution is 2.30. The quantitative estimate of drug-likeness (QED) is 0.747. The lowest BCUT2D eigenvalue weighted by Crippen LogP contribution is -2.32. The number of hydrogen-bond acceptors (Lipinski definition) is 1. The summed E-state index contributed by atoms with van der Waals surface area (Å²) in [5, 5.41) is 0. The van der Waals surface area contributed by atoms with E-state index in [1.807, 2.05) is 0 Å². The van der Waals surface area contributed by atoms with Gasteiger partial charge >= 0.3 is 0 Å². The molecule has 2 rings (SSSR count). The molecule has 1 aliphatic heterocycles. The molecule has 1 aromatic rings. The van der Waals surface area contributed by atoms with Gasteiger partial charge in [-0.3, -0.25) is 0 Å². The molecule has 3 heteroatoms. The van der Waals surface area contributed by atoms with E-state index in [-0.39, 0.29) is 5.92 Å². The normalized spacial score (nSPS) is 18.9. The summed E-state index contributed by atoms with van der Waals surface area (Å²) in [6.45, 7) is 5.13. The molecule has 1 heterocycles. The molecule has 0 bridgehead atoms. The average molecular weight is 225 g/mol. The van der Waals surface area contributed by atoms with E-state index in [2.05, 4.69) is 11.8 Å². The summed E-state index contributed by atoms with van der Waals surface area (Å²) in [4.78, 5) is 2.34. The van der Waals surface area contributed by atoms with E-state index < -0.39 is 11.6 Å². The van der Waals surface area contributed by atoms with Crippen molar-refractivity contribution in [2.75, 3.05) is 19.6 Å². The van der Waals surface area contributed by atoms with Crippen molar-refractivity contribution < 1.29 is 8.78 Å². The minimum atomic E-state index is -0.726. The van der Waals surface area contributed by atoms with Crippen LogP contribution in [0.15, 0.2) is 18.2 Å². The molecule has 0 N–H and O–H groups in total. The Balaban J connectivity index is 2.11. The first-order chi connectivity index (χ1) is 7.72. The molecular weight excluding hydrogens is 208 g/mol. The van der Waals surface area contributed by atoms with Gasteiger partial charge in [0.2, 0.25) is 0 Å². The van der Waals surface area contributed by atoms with Crippen LogP contribution in [0.3, 0.4) is 0 Å². The molecule has 88 valence electrons. The van der Waals surface area contributed by atoms with Crippen molar-refractivity contribution in [3.05, 3.63) is 35.4 Å². The van der Waals surface area contributed by atoms with E-state index in [4.69, 9.17) is 0 Å². The van der Waals surface area contributed by atoms with E-state index in [0.717, 1.165) is 32.5 Å². The highest BCUT2D eigenvalue weighted by molar-refractivity contribution is 5.23. The fourth-order valence-corrected chi connectivity index (χ4v) is 2.40. The van der Waals surface area contributed by atoms with Crippen LogP contribution in [0.1, 0.15) is 31.2 Å². The Morgan fingerprint density at radius 3 is 2.56 bits per heavy atom. The zero-order chi connectivity index (χ0) is 11.5. The molecule has 0 radical (unpaired) electrons. The Bertz CT molecular complexity index is 357. The molecular formula is C13H17F2N. The third-order valence-corrected chi connectivity index (χ3v) is 3.46. The lowest BCUT2D eigenvalue weighted by atomic mass is 9.89. The summed E-state index contributed by atoms with van der Waals surface area (Å²) >= 11 is 0. The van der Waals surface area contributed by atoms with Crippen LogP contribution in [-0.4, -0.2) is 24.5 Å². The van der Waals surface area contributed by atoms with Gasteiger partial charge in [0.1, 0.15) is 0 Å². The van der Waals surface area contributed by atoms with Gasteiger partial charge in [0.25, 0.3) is 0 Å². The Morgan fingerprint density at radius 2 is 1.94 bits per heavy atom. The van der Waals surface area contributed by atoms with E-state index >= 15 is 0 Å². The van der Waals surface area contributed by atoms with Gasteiger partial charge in [0.05, 0.1) is 0 Å². The van der Waals surface area contributed by atoms with Crippen LogP contribution >= 0.6 is 0 Å². The van der Waals surface area contributed by atoms with Crippen LogP contribution < -0.4 is 0 Å². The second-order valence-corrected chi connectivity index (χ2v) is 4.35. The highest BCUT2D eigenvalue weighted by Gasteiger charge is 2.23. The van der Waals surface area contributed by atoms with Gasteiger partial charge in [-0.15, -0.1) is 0 Å². The monoisotopic (exact) mass is 225 g/mol. The lowest BCUT2D eigenvalue weighted by molar-refractivity contribution is 0.220.